The summed E-state index contributed by atoms with van der Waals surface area (Å²) in [5.74, 6) is 0. The molecular weight excluding hydrogens is 398 g/mol. The third-order valence-corrected chi connectivity index (χ3v) is 5.16. The normalized spacial score (nSPS) is 11.0. The third-order valence-electron chi connectivity index (χ3n) is 4.18. The summed E-state index contributed by atoms with van der Waals surface area (Å²) in [6.45, 7) is 2.29. The van der Waals surface area contributed by atoms with Gasteiger partial charge in [0.05, 0.1) is 11.4 Å². The quantitative estimate of drug-likeness (QED) is 0.499. The van der Waals surface area contributed by atoms with Crippen molar-refractivity contribution in [2.24, 2.45) is 7.05 Å². The Balaban J connectivity index is 1.48. The van der Waals surface area contributed by atoms with Crippen LogP contribution >= 0.6 is 22.9 Å². The van der Waals surface area contributed by atoms with Gasteiger partial charge in [0.2, 0.25) is 0 Å². The lowest BCUT2D eigenvalue weighted by atomic mass is 10.1. The van der Waals surface area contributed by atoms with Crippen LogP contribution in [0.15, 0.2) is 52.6 Å². The number of aryl methyl sites for hydroxylation is 2. The van der Waals surface area contributed by atoms with E-state index >= 15 is 0 Å². The van der Waals surface area contributed by atoms with Crippen molar-refractivity contribution < 1.29 is 4.74 Å². The van der Waals surface area contributed by atoms with Gasteiger partial charge in [0.25, 0.3) is 5.19 Å². The lowest BCUT2D eigenvalue weighted by molar-refractivity contribution is 0.304. The molecule has 0 bridgehead atoms. The van der Waals surface area contributed by atoms with Crippen LogP contribution in [-0.2, 0) is 13.7 Å². The van der Waals surface area contributed by atoms with Gasteiger partial charge in [-0.25, -0.2) is 9.78 Å². The standard InChI is InChI=1S/C19H16ClN5O2S/c1-12-8-13(6-7-17(12)25-19(26)24(2)22-23-25)10-27-18-21-16(11-28-18)14-4-3-5-15(20)9-14/h3-9,11H,10H2,1-2H3. The van der Waals surface area contributed by atoms with Crippen molar-refractivity contribution in [1.82, 2.24) is 24.8 Å². The number of thiazole rings is 1. The average molecular weight is 414 g/mol. The highest BCUT2D eigenvalue weighted by Gasteiger charge is 2.10. The van der Waals surface area contributed by atoms with E-state index in [1.54, 1.807) is 7.05 Å². The fraction of sp³-hybridized carbons (Fsp3) is 0.158. The second-order valence-electron chi connectivity index (χ2n) is 6.22. The van der Waals surface area contributed by atoms with Crippen LogP contribution in [0.2, 0.25) is 5.02 Å². The van der Waals surface area contributed by atoms with Crippen LogP contribution < -0.4 is 10.4 Å². The Hall–Kier alpha value is -2.97. The van der Waals surface area contributed by atoms with Crippen LogP contribution in [0.1, 0.15) is 11.1 Å². The predicted octanol–water partition coefficient (Wildman–Crippen LogP) is 3.63. The van der Waals surface area contributed by atoms with Crippen molar-refractivity contribution in [3.8, 4) is 22.1 Å². The first-order chi connectivity index (χ1) is 13.5. The highest BCUT2D eigenvalue weighted by atomic mass is 35.5. The molecule has 4 rings (SSSR count). The SMILES string of the molecule is Cc1cc(COc2nc(-c3cccc(Cl)c3)cs2)ccc1-n1nnn(C)c1=O. The molecule has 28 heavy (non-hydrogen) atoms. The van der Waals surface area contributed by atoms with E-state index in [0.29, 0.717) is 22.5 Å². The number of halogens is 1. The molecule has 0 aliphatic rings. The average Bonchev–Trinajstić information content (AvgIpc) is 3.28. The first-order valence-corrected chi connectivity index (χ1v) is 9.70. The maximum Gasteiger partial charge on any atom is 0.368 e. The number of rotatable bonds is 5. The molecule has 0 saturated carbocycles. The van der Waals surface area contributed by atoms with E-state index in [1.807, 2.05) is 54.8 Å². The van der Waals surface area contributed by atoms with E-state index in [9.17, 15) is 4.79 Å². The van der Waals surface area contributed by atoms with Gasteiger partial charge in [0.15, 0.2) is 0 Å². The zero-order valence-electron chi connectivity index (χ0n) is 15.2. The minimum Gasteiger partial charge on any atom is -0.465 e. The van der Waals surface area contributed by atoms with Crippen LogP contribution in [0, 0.1) is 6.92 Å². The Morgan fingerprint density at radius 1 is 1.18 bits per heavy atom. The number of benzene rings is 2. The molecule has 0 aliphatic carbocycles. The van der Waals surface area contributed by atoms with Crippen molar-refractivity contribution >= 4 is 22.9 Å². The summed E-state index contributed by atoms with van der Waals surface area (Å²) in [7, 11) is 1.56. The molecule has 4 aromatic rings. The summed E-state index contributed by atoms with van der Waals surface area (Å²) in [6, 6.07) is 13.2. The number of hydrogen-bond acceptors (Lipinski definition) is 6. The number of nitrogens with zero attached hydrogens (tertiary/aromatic N) is 5. The Labute approximate surface area is 169 Å². The summed E-state index contributed by atoms with van der Waals surface area (Å²) < 4.78 is 8.29. The fourth-order valence-electron chi connectivity index (χ4n) is 2.76. The number of hydrogen-bond donors (Lipinski definition) is 0. The number of aromatic nitrogens is 5. The Morgan fingerprint density at radius 2 is 2.04 bits per heavy atom. The van der Waals surface area contributed by atoms with Gasteiger partial charge in [0.1, 0.15) is 6.61 Å². The molecule has 0 N–H and O–H groups in total. The summed E-state index contributed by atoms with van der Waals surface area (Å²) in [4.78, 5) is 16.5. The molecule has 0 fully saturated rings. The lowest BCUT2D eigenvalue weighted by Crippen LogP contribution is -2.22. The van der Waals surface area contributed by atoms with Crippen molar-refractivity contribution in [3.63, 3.8) is 0 Å². The van der Waals surface area contributed by atoms with Gasteiger partial charge in [-0.3, -0.25) is 0 Å². The monoisotopic (exact) mass is 413 g/mol. The van der Waals surface area contributed by atoms with E-state index in [4.69, 9.17) is 16.3 Å². The van der Waals surface area contributed by atoms with Crippen LogP contribution in [-0.4, -0.2) is 24.8 Å². The first kappa shape index (κ1) is 18.4. The van der Waals surface area contributed by atoms with Gasteiger partial charge in [-0.15, -0.1) is 0 Å². The molecule has 0 aliphatic heterocycles. The van der Waals surface area contributed by atoms with Crippen LogP contribution in [0.4, 0.5) is 0 Å². The first-order valence-electron chi connectivity index (χ1n) is 8.44. The molecule has 9 heteroatoms. The second-order valence-corrected chi connectivity index (χ2v) is 7.47. The number of ether oxygens (including phenoxy) is 1. The smallest absolute Gasteiger partial charge is 0.368 e. The molecule has 0 atom stereocenters. The fourth-order valence-corrected chi connectivity index (χ4v) is 3.63. The highest BCUT2D eigenvalue weighted by Crippen LogP contribution is 2.28. The molecule has 2 heterocycles. The minimum absolute atomic E-state index is 0.288. The zero-order chi connectivity index (χ0) is 19.7. The van der Waals surface area contributed by atoms with Crippen LogP contribution in [0.3, 0.4) is 0 Å². The summed E-state index contributed by atoms with van der Waals surface area (Å²) >= 11 is 7.47. The summed E-state index contributed by atoms with van der Waals surface area (Å²) in [5.41, 5.74) is 4.06. The molecule has 0 saturated heterocycles. The molecule has 0 spiro atoms. The van der Waals surface area contributed by atoms with Gasteiger partial charge < -0.3 is 4.74 Å². The van der Waals surface area contributed by atoms with Crippen LogP contribution in [0.25, 0.3) is 16.9 Å². The molecule has 7 nitrogen and oxygen atoms in total. The summed E-state index contributed by atoms with van der Waals surface area (Å²) in [6.07, 6.45) is 0. The Kier molecular flexibility index (Phi) is 4.97. The Morgan fingerprint density at radius 3 is 2.75 bits per heavy atom. The predicted molar refractivity (Wildman–Crippen MR) is 108 cm³/mol. The van der Waals surface area contributed by atoms with E-state index in [0.717, 1.165) is 22.4 Å². The molecule has 142 valence electrons. The molecule has 2 aromatic carbocycles. The topological polar surface area (TPSA) is 74.8 Å². The van der Waals surface area contributed by atoms with Crippen LogP contribution in [0.5, 0.6) is 5.19 Å². The maximum absolute atomic E-state index is 12.0. The molecule has 0 unspecified atom stereocenters. The highest BCUT2D eigenvalue weighted by molar-refractivity contribution is 7.11. The second kappa shape index (κ2) is 7.57. The zero-order valence-corrected chi connectivity index (χ0v) is 16.7. The van der Waals surface area contributed by atoms with Gasteiger partial charge in [-0.1, -0.05) is 47.2 Å². The van der Waals surface area contributed by atoms with E-state index in [2.05, 4.69) is 15.4 Å². The molecular formula is C19H16ClN5O2S. The third kappa shape index (κ3) is 3.69. The summed E-state index contributed by atoms with van der Waals surface area (Å²) in [5, 5.41) is 10.8. The maximum atomic E-state index is 12.0. The van der Waals surface area contributed by atoms with Crippen molar-refractivity contribution in [3.05, 3.63) is 74.5 Å². The van der Waals surface area contributed by atoms with Crippen molar-refractivity contribution in [1.29, 1.82) is 0 Å². The van der Waals surface area contributed by atoms with Crippen molar-refractivity contribution in [2.45, 2.75) is 13.5 Å². The van der Waals surface area contributed by atoms with Gasteiger partial charge in [0, 0.05) is 23.0 Å². The van der Waals surface area contributed by atoms with Crippen molar-refractivity contribution in [2.75, 3.05) is 0 Å². The minimum atomic E-state index is -0.288. The Bertz CT molecular complexity index is 1200. The van der Waals surface area contributed by atoms with Gasteiger partial charge in [-0.05, 0) is 46.7 Å². The van der Waals surface area contributed by atoms with E-state index in [1.165, 1.54) is 20.7 Å². The molecule has 0 amide bonds. The number of tetrazole rings is 1. The largest absolute Gasteiger partial charge is 0.465 e. The van der Waals surface area contributed by atoms with Gasteiger partial charge >= 0.3 is 5.69 Å². The van der Waals surface area contributed by atoms with Gasteiger partial charge in [-0.2, -0.15) is 9.36 Å². The lowest BCUT2D eigenvalue weighted by Gasteiger charge is -2.07. The molecule has 0 radical (unpaired) electrons. The molecule has 2 aromatic heterocycles. The van der Waals surface area contributed by atoms with E-state index in [-0.39, 0.29) is 5.69 Å². The van der Waals surface area contributed by atoms with E-state index < -0.39 is 0 Å².